The van der Waals surface area contributed by atoms with Crippen LogP contribution in [-0.2, 0) is 4.79 Å². The second kappa shape index (κ2) is 6.86. The summed E-state index contributed by atoms with van der Waals surface area (Å²) in [6.07, 6.45) is 2.42. The molecular weight excluding hydrogens is 202 g/mol. The molecule has 0 saturated carbocycles. The van der Waals surface area contributed by atoms with Crippen LogP contribution in [0.5, 0.6) is 0 Å². The summed E-state index contributed by atoms with van der Waals surface area (Å²) in [5, 5.41) is 6.16. The first-order chi connectivity index (χ1) is 7.63. The van der Waals surface area contributed by atoms with E-state index < -0.39 is 0 Å². The lowest BCUT2D eigenvalue weighted by Gasteiger charge is -2.23. The molecule has 1 aliphatic heterocycles. The number of carbonyl (C=O) groups is 1. The van der Waals surface area contributed by atoms with Gasteiger partial charge >= 0.3 is 0 Å². The van der Waals surface area contributed by atoms with E-state index in [1.165, 1.54) is 12.8 Å². The van der Waals surface area contributed by atoms with Gasteiger partial charge in [0.25, 0.3) is 0 Å². The van der Waals surface area contributed by atoms with Crippen molar-refractivity contribution < 1.29 is 4.79 Å². The van der Waals surface area contributed by atoms with Crippen molar-refractivity contribution in [1.29, 1.82) is 0 Å². The van der Waals surface area contributed by atoms with E-state index in [0.717, 1.165) is 19.6 Å². The van der Waals surface area contributed by atoms with Gasteiger partial charge in [0.2, 0.25) is 5.91 Å². The predicted molar refractivity (Wildman–Crippen MR) is 66.4 cm³/mol. The van der Waals surface area contributed by atoms with Gasteiger partial charge in [-0.15, -0.1) is 0 Å². The quantitative estimate of drug-likeness (QED) is 0.692. The normalized spacial score (nSPS) is 21.6. The molecule has 0 aromatic carbocycles. The average molecular weight is 227 g/mol. The molecule has 2 N–H and O–H groups in total. The minimum absolute atomic E-state index is 0.164. The highest BCUT2D eigenvalue weighted by Crippen LogP contribution is 2.15. The first kappa shape index (κ1) is 13.5. The third-order valence-corrected chi connectivity index (χ3v) is 2.99. The van der Waals surface area contributed by atoms with Gasteiger partial charge in [-0.25, -0.2) is 0 Å². The van der Waals surface area contributed by atoms with Crippen LogP contribution in [-0.4, -0.2) is 50.1 Å². The summed E-state index contributed by atoms with van der Waals surface area (Å²) >= 11 is 0. The molecule has 1 fully saturated rings. The highest BCUT2D eigenvalue weighted by atomic mass is 16.2. The molecule has 0 aliphatic carbocycles. The van der Waals surface area contributed by atoms with E-state index >= 15 is 0 Å². The van der Waals surface area contributed by atoms with E-state index in [-0.39, 0.29) is 5.91 Å². The molecule has 0 aromatic rings. The zero-order valence-electron chi connectivity index (χ0n) is 10.8. The van der Waals surface area contributed by atoms with Gasteiger partial charge in [-0.2, -0.15) is 0 Å². The Hall–Kier alpha value is -0.610. The summed E-state index contributed by atoms with van der Waals surface area (Å²) in [5.41, 5.74) is 0. The number of hydrogen-bond acceptors (Lipinski definition) is 3. The van der Waals surface area contributed by atoms with Crippen LogP contribution >= 0.6 is 0 Å². The van der Waals surface area contributed by atoms with Crippen LogP contribution in [0.2, 0.25) is 0 Å². The molecule has 1 saturated heterocycles. The number of rotatable bonds is 6. The largest absolute Gasteiger partial charge is 0.355 e. The minimum atomic E-state index is 0.164. The lowest BCUT2D eigenvalue weighted by atomic mass is 10.2. The maximum absolute atomic E-state index is 11.7. The molecule has 0 bridgehead atoms. The molecule has 4 heteroatoms. The predicted octanol–water partition coefficient (Wildman–Crippen LogP) is 0.442. The van der Waals surface area contributed by atoms with Crippen LogP contribution in [0, 0.1) is 5.92 Å². The van der Waals surface area contributed by atoms with Crippen molar-refractivity contribution in [2.45, 2.75) is 32.7 Å². The summed E-state index contributed by atoms with van der Waals surface area (Å²) in [6, 6.07) is 0.537. The van der Waals surface area contributed by atoms with Crippen molar-refractivity contribution in [3.63, 3.8) is 0 Å². The van der Waals surface area contributed by atoms with Gasteiger partial charge in [0.15, 0.2) is 0 Å². The van der Waals surface area contributed by atoms with Crippen LogP contribution < -0.4 is 10.6 Å². The molecule has 0 spiro atoms. The van der Waals surface area contributed by atoms with Gasteiger partial charge in [-0.3, -0.25) is 9.69 Å². The average Bonchev–Trinajstić information content (AvgIpc) is 2.63. The second-order valence-corrected chi connectivity index (χ2v) is 5.02. The first-order valence-electron chi connectivity index (χ1n) is 6.28. The summed E-state index contributed by atoms with van der Waals surface area (Å²) in [7, 11) is 1.97. The van der Waals surface area contributed by atoms with Gasteiger partial charge in [-0.05, 0) is 32.4 Å². The van der Waals surface area contributed by atoms with E-state index in [2.05, 4.69) is 29.4 Å². The number of carbonyl (C=O) groups excluding carboxylic acids is 1. The lowest BCUT2D eigenvalue weighted by Crippen LogP contribution is -2.43. The third-order valence-electron chi connectivity index (χ3n) is 2.99. The molecule has 94 valence electrons. The van der Waals surface area contributed by atoms with Crippen LogP contribution in [0.15, 0.2) is 0 Å². The number of nitrogens with one attached hydrogen (secondary N) is 2. The van der Waals surface area contributed by atoms with Gasteiger partial charge in [0.1, 0.15) is 0 Å². The second-order valence-electron chi connectivity index (χ2n) is 5.02. The summed E-state index contributed by atoms with van der Waals surface area (Å²) in [6.45, 7) is 7.60. The Bertz CT molecular complexity index is 218. The number of likely N-dealkylation sites (N-methyl/N-ethyl adjacent to an activating group) is 1. The Morgan fingerprint density at radius 3 is 2.88 bits per heavy atom. The highest BCUT2D eigenvalue weighted by molar-refractivity contribution is 5.78. The molecule has 16 heavy (non-hydrogen) atoms. The zero-order chi connectivity index (χ0) is 12.0. The standard InChI is InChI=1S/C12H25N3O/c1-10(2)7-14-12(16)9-15-6-4-5-11(15)8-13-3/h10-11,13H,4-9H2,1-3H3,(H,14,16). The number of likely N-dealkylation sites (tertiary alicyclic amines) is 1. The van der Waals surface area contributed by atoms with Gasteiger partial charge < -0.3 is 10.6 Å². The number of nitrogens with zero attached hydrogens (tertiary/aromatic N) is 1. The van der Waals surface area contributed by atoms with Crippen LogP contribution in [0.25, 0.3) is 0 Å². The molecule has 4 nitrogen and oxygen atoms in total. The van der Waals surface area contributed by atoms with Crippen LogP contribution in [0.4, 0.5) is 0 Å². The maximum Gasteiger partial charge on any atom is 0.234 e. The van der Waals surface area contributed by atoms with Gasteiger partial charge in [-0.1, -0.05) is 13.8 Å². The van der Waals surface area contributed by atoms with E-state index in [1.807, 2.05) is 7.05 Å². The third kappa shape index (κ3) is 4.49. The fourth-order valence-corrected chi connectivity index (χ4v) is 2.13. The Balaban J connectivity index is 2.26. The van der Waals surface area contributed by atoms with Crippen LogP contribution in [0.1, 0.15) is 26.7 Å². The summed E-state index contributed by atoms with van der Waals surface area (Å²) in [4.78, 5) is 14.0. The topological polar surface area (TPSA) is 44.4 Å². The SMILES string of the molecule is CNCC1CCCN1CC(=O)NCC(C)C. The highest BCUT2D eigenvalue weighted by Gasteiger charge is 2.25. The smallest absolute Gasteiger partial charge is 0.234 e. The van der Waals surface area contributed by atoms with Crippen LogP contribution in [0.3, 0.4) is 0 Å². The molecule has 1 unspecified atom stereocenters. The fraction of sp³-hybridized carbons (Fsp3) is 0.917. The number of amides is 1. The van der Waals surface area contributed by atoms with Crippen molar-refractivity contribution in [2.24, 2.45) is 5.92 Å². The van der Waals surface area contributed by atoms with Crippen molar-refractivity contribution in [3.8, 4) is 0 Å². The van der Waals surface area contributed by atoms with E-state index in [0.29, 0.717) is 18.5 Å². The minimum Gasteiger partial charge on any atom is -0.355 e. The summed E-state index contributed by atoms with van der Waals surface area (Å²) < 4.78 is 0. The summed E-state index contributed by atoms with van der Waals surface area (Å²) in [5.74, 6) is 0.687. The van der Waals surface area contributed by atoms with E-state index in [9.17, 15) is 4.79 Å². The van der Waals surface area contributed by atoms with Crippen molar-refractivity contribution in [1.82, 2.24) is 15.5 Å². The molecule has 0 aromatic heterocycles. The van der Waals surface area contributed by atoms with Gasteiger partial charge in [0.05, 0.1) is 6.54 Å². The maximum atomic E-state index is 11.7. The monoisotopic (exact) mass is 227 g/mol. The Morgan fingerprint density at radius 2 is 2.25 bits per heavy atom. The zero-order valence-corrected chi connectivity index (χ0v) is 10.8. The molecule has 1 rings (SSSR count). The van der Waals surface area contributed by atoms with E-state index in [4.69, 9.17) is 0 Å². The molecular formula is C12H25N3O. The van der Waals surface area contributed by atoms with Gasteiger partial charge in [0, 0.05) is 19.1 Å². The Kier molecular flexibility index (Phi) is 5.77. The van der Waals surface area contributed by atoms with Crippen molar-refractivity contribution in [2.75, 3.05) is 33.2 Å². The number of hydrogen-bond donors (Lipinski definition) is 2. The fourth-order valence-electron chi connectivity index (χ4n) is 2.13. The molecule has 1 heterocycles. The van der Waals surface area contributed by atoms with Crippen molar-refractivity contribution >= 4 is 5.91 Å². The Morgan fingerprint density at radius 1 is 1.50 bits per heavy atom. The van der Waals surface area contributed by atoms with Crippen molar-refractivity contribution in [3.05, 3.63) is 0 Å². The molecule has 1 aliphatic rings. The first-order valence-corrected chi connectivity index (χ1v) is 6.28. The molecule has 1 amide bonds. The molecule has 0 radical (unpaired) electrons. The van der Waals surface area contributed by atoms with E-state index in [1.54, 1.807) is 0 Å². The molecule has 1 atom stereocenters. The lowest BCUT2D eigenvalue weighted by molar-refractivity contribution is -0.122. The Labute approximate surface area is 98.8 Å².